The highest BCUT2D eigenvalue weighted by Gasteiger charge is 2.00. The second kappa shape index (κ2) is 8.74. The third kappa shape index (κ3) is 6.26. The lowest BCUT2D eigenvalue weighted by Gasteiger charge is -2.15. The third-order valence-corrected chi connectivity index (χ3v) is 3.44. The van der Waals surface area contributed by atoms with Gasteiger partial charge in [0.25, 0.3) is 0 Å². The van der Waals surface area contributed by atoms with E-state index in [9.17, 15) is 0 Å². The molecule has 92 valence electrons. The molecule has 0 aliphatic rings. The van der Waals surface area contributed by atoms with Gasteiger partial charge in [0.1, 0.15) is 0 Å². The van der Waals surface area contributed by atoms with Crippen molar-refractivity contribution in [2.45, 2.75) is 32.7 Å². The van der Waals surface area contributed by atoms with Crippen molar-refractivity contribution in [3.8, 4) is 0 Å². The molecule has 0 saturated carbocycles. The Balaban J connectivity index is 1.96. The Labute approximate surface area is 104 Å². The Morgan fingerprint density at radius 2 is 2.19 bits per heavy atom. The molecule has 0 aromatic carbocycles. The van der Waals surface area contributed by atoms with Gasteiger partial charge in [-0.2, -0.15) is 0 Å². The molecule has 0 aliphatic heterocycles. The molecule has 0 radical (unpaired) electrons. The highest BCUT2D eigenvalue weighted by molar-refractivity contribution is 7.09. The second-order valence-corrected chi connectivity index (χ2v) is 5.31. The molecule has 1 rings (SSSR count). The quantitative estimate of drug-likeness (QED) is 0.668. The first kappa shape index (κ1) is 13.7. The molecule has 1 heterocycles. The van der Waals surface area contributed by atoms with Gasteiger partial charge in [0, 0.05) is 11.4 Å². The molecule has 0 fully saturated rings. The highest BCUT2D eigenvalue weighted by atomic mass is 32.1. The van der Waals surface area contributed by atoms with E-state index in [1.54, 1.807) is 0 Å². The predicted molar refractivity (Wildman–Crippen MR) is 73.0 cm³/mol. The first-order valence-corrected chi connectivity index (χ1v) is 7.12. The van der Waals surface area contributed by atoms with Crippen LogP contribution in [0, 0.1) is 0 Å². The zero-order chi connectivity index (χ0) is 11.6. The molecule has 0 bridgehead atoms. The first-order valence-electron chi connectivity index (χ1n) is 6.24. The summed E-state index contributed by atoms with van der Waals surface area (Å²) in [6, 6.07) is 4.34. The van der Waals surface area contributed by atoms with Gasteiger partial charge in [0.2, 0.25) is 0 Å². The molecule has 2 nitrogen and oxygen atoms in total. The number of unbranched alkanes of at least 4 members (excludes halogenated alkanes) is 1. The fourth-order valence-electron chi connectivity index (χ4n) is 1.68. The summed E-state index contributed by atoms with van der Waals surface area (Å²) in [6.07, 6.45) is 3.81. The van der Waals surface area contributed by atoms with Gasteiger partial charge in [-0.15, -0.1) is 11.3 Å². The lowest BCUT2D eigenvalue weighted by Crippen LogP contribution is -2.21. The molecule has 0 aliphatic carbocycles. The SMILES string of the molecule is CCCNCCCCN(C)Cc1cccs1. The van der Waals surface area contributed by atoms with E-state index in [1.807, 2.05) is 11.3 Å². The summed E-state index contributed by atoms with van der Waals surface area (Å²) >= 11 is 1.85. The Morgan fingerprint density at radius 3 is 2.88 bits per heavy atom. The number of rotatable bonds is 9. The average Bonchev–Trinajstić information content (AvgIpc) is 2.76. The van der Waals surface area contributed by atoms with Crippen LogP contribution >= 0.6 is 11.3 Å². The maximum absolute atomic E-state index is 3.44. The van der Waals surface area contributed by atoms with Crippen LogP contribution in [-0.2, 0) is 6.54 Å². The van der Waals surface area contributed by atoms with Gasteiger partial charge >= 0.3 is 0 Å². The van der Waals surface area contributed by atoms with Crippen molar-refractivity contribution in [3.05, 3.63) is 22.4 Å². The Kier molecular flexibility index (Phi) is 7.47. The standard InChI is InChI=1S/C13H24N2S/c1-3-8-14-9-4-5-10-15(2)12-13-7-6-11-16-13/h6-7,11,14H,3-5,8-10,12H2,1-2H3. The Bertz CT molecular complexity index is 246. The summed E-state index contributed by atoms with van der Waals surface area (Å²) < 4.78 is 0. The lowest BCUT2D eigenvalue weighted by molar-refractivity contribution is 0.320. The molecule has 1 aromatic heterocycles. The zero-order valence-electron chi connectivity index (χ0n) is 10.5. The summed E-state index contributed by atoms with van der Waals surface area (Å²) in [5, 5.41) is 5.59. The van der Waals surface area contributed by atoms with Crippen molar-refractivity contribution in [3.63, 3.8) is 0 Å². The fourth-order valence-corrected chi connectivity index (χ4v) is 2.47. The van der Waals surface area contributed by atoms with Crippen LogP contribution in [0.25, 0.3) is 0 Å². The molecule has 3 heteroatoms. The zero-order valence-corrected chi connectivity index (χ0v) is 11.4. The maximum Gasteiger partial charge on any atom is 0.0324 e. The van der Waals surface area contributed by atoms with Crippen LogP contribution < -0.4 is 5.32 Å². The molecule has 0 atom stereocenters. The van der Waals surface area contributed by atoms with Crippen LogP contribution in [0.2, 0.25) is 0 Å². The van der Waals surface area contributed by atoms with E-state index >= 15 is 0 Å². The molecule has 0 saturated heterocycles. The smallest absolute Gasteiger partial charge is 0.0324 e. The van der Waals surface area contributed by atoms with E-state index in [4.69, 9.17) is 0 Å². The summed E-state index contributed by atoms with van der Waals surface area (Å²) in [4.78, 5) is 3.87. The van der Waals surface area contributed by atoms with Crippen molar-refractivity contribution in [2.24, 2.45) is 0 Å². The average molecular weight is 240 g/mol. The van der Waals surface area contributed by atoms with E-state index < -0.39 is 0 Å². The third-order valence-electron chi connectivity index (χ3n) is 2.58. The van der Waals surface area contributed by atoms with Crippen LogP contribution in [0.4, 0.5) is 0 Å². The molecule has 0 unspecified atom stereocenters. The summed E-state index contributed by atoms with van der Waals surface area (Å²) in [5.41, 5.74) is 0. The topological polar surface area (TPSA) is 15.3 Å². The van der Waals surface area contributed by atoms with E-state index in [0.717, 1.165) is 13.1 Å². The van der Waals surface area contributed by atoms with E-state index in [2.05, 4.69) is 41.7 Å². The molecular weight excluding hydrogens is 216 g/mol. The first-order chi connectivity index (χ1) is 7.83. The Hall–Kier alpha value is -0.380. The van der Waals surface area contributed by atoms with Crippen molar-refractivity contribution in [1.82, 2.24) is 10.2 Å². The minimum atomic E-state index is 1.10. The summed E-state index contributed by atoms with van der Waals surface area (Å²) in [6.45, 7) is 6.83. The van der Waals surface area contributed by atoms with Gasteiger partial charge in [-0.05, 0) is 57.4 Å². The largest absolute Gasteiger partial charge is 0.317 e. The molecular formula is C13H24N2S. The minimum Gasteiger partial charge on any atom is -0.317 e. The van der Waals surface area contributed by atoms with E-state index in [-0.39, 0.29) is 0 Å². The summed E-state index contributed by atoms with van der Waals surface area (Å²) in [5.74, 6) is 0. The second-order valence-electron chi connectivity index (χ2n) is 4.27. The van der Waals surface area contributed by atoms with E-state index in [1.165, 1.54) is 37.2 Å². The van der Waals surface area contributed by atoms with Crippen LogP contribution in [0.3, 0.4) is 0 Å². The highest BCUT2D eigenvalue weighted by Crippen LogP contribution is 2.10. The monoisotopic (exact) mass is 240 g/mol. The fraction of sp³-hybridized carbons (Fsp3) is 0.692. The molecule has 1 N–H and O–H groups in total. The molecule has 0 amide bonds. The number of nitrogens with one attached hydrogen (secondary N) is 1. The van der Waals surface area contributed by atoms with E-state index in [0.29, 0.717) is 0 Å². The van der Waals surface area contributed by atoms with Gasteiger partial charge < -0.3 is 10.2 Å². The predicted octanol–water partition coefficient (Wildman–Crippen LogP) is 2.96. The van der Waals surface area contributed by atoms with Crippen LogP contribution in [0.5, 0.6) is 0 Å². The molecule has 16 heavy (non-hydrogen) atoms. The van der Waals surface area contributed by atoms with Crippen molar-refractivity contribution in [1.29, 1.82) is 0 Å². The van der Waals surface area contributed by atoms with Crippen molar-refractivity contribution < 1.29 is 0 Å². The molecule has 1 aromatic rings. The van der Waals surface area contributed by atoms with Crippen molar-refractivity contribution in [2.75, 3.05) is 26.7 Å². The number of thiophene rings is 1. The van der Waals surface area contributed by atoms with Gasteiger partial charge in [0.05, 0.1) is 0 Å². The van der Waals surface area contributed by atoms with Crippen LogP contribution in [-0.4, -0.2) is 31.6 Å². The van der Waals surface area contributed by atoms with Crippen LogP contribution in [0.1, 0.15) is 31.1 Å². The summed E-state index contributed by atoms with van der Waals surface area (Å²) in [7, 11) is 2.21. The minimum absolute atomic E-state index is 1.10. The maximum atomic E-state index is 3.44. The molecule has 0 spiro atoms. The van der Waals surface area contributed by atoms with Gasteiger partial charge in [-0.3, -0.25) is 0 Å². The van der Waals surface area contributed by atoms with Crippen molar-refractivity contribution >= 4 is 11.3 Å². The van der Waals surface area contributed by atoms with Gasteiger partial charge in [-0.1, -0.05) is 13.0 Å². The van der Waals surface area contributed by atoms with Gasteiger partial charge in [0.15, 0.2) is 0 Å². The number of hydrogen-bond donors (Lipinski definition) is 1. The van der Waals surface area contributed by atoms with Gasteiger partial charge in [-0.25, -0.2) is 0 Å². The number of nitrogens with zero attached hydrogens (tertiary/aromatic N) is 1. The lowest BCUT2D eigenvalue weighted by atomic mass is 10.3. The normalized spacial score (nSPS) is 11.2. The number of hydrogen-bond acceptors (Lipinski definition) is 3. The Morgan fingerprint density at radius 1 is 1.31 bits per heavy atom. The van der Waals surface area contributed by atoms with Crippen LogP contribution in [0.15, 0.2) is 17.5 Å².